The van der Waals surface area contributed by atoms with Crippen LogP contribution in [0, 0.1) is 5.82 Å². The molecule has 0 radical (unpaired) electrons. The number of alkyl halides is 1. The fourth-order valence-electron chi connectivity index (χ4n) is 4.79. The Balaban J connectivity index is 1.34. The number of amides is 1. The van der Waals surface area contributed by atoms with Gasteiger partial charge in [0.05, 0.1) is 41.6 Å². The molecule has 174 valence electrons. The molecule has 2 aliphatic heterocycles. The van der Waals surface area contributed by atoms with E-state index in [1.165, 1.54) is 24.4 Å². The maximum absolute atomic E-state index is 14.5. The van der Waals surface area contributed by atoms with E-state index < -0.39 is 18.0 Å². The molecule has 0 bridgehead atoms. The summed E-state index contributed by atoms with van der Waals surface area (Å²) >= 11 is 5.98. The van der Waals surface area contributed by atoms with Crippen molar-refractivity contribution in [2.75, 3.05) is 13.7 Å². The summed E-state index contributed by atoms with van der Waals surface area (Å²) in [5.41, 5.74) is 2.46. The second-order valence-electron chi connectivity index (χ2n) is 8.62. The molecule has 3 aromatic rings. The van der Waals surface area contributed by atoms with E-state index in [0.29, 0.717) is 30.2 Å². The third-order valence-electron chi connectivity index (χ3n) is 6.67. The van der Waals surface area contributed by atoms with Crippen LogP contribution in [0.4, 0.5) is 8.78 Å². The van der Waals surface area contributed by atoms with E-state index in [1.54, 1.807) is 15.6 Å². The van der Waals surface area contributed by atoms with Crippen LogP contribution in [0.15, 0.2) is 30.6 Å². The number of halogens is 3. The fraction of sp³-hybridized carbons (Fsp3) is 0.435. The Morgan fingerprint density at radius 1 is 1.33 bits per heavy atom. The van der Waals surface area contributed by atoms with Crippen molar-refractivity contribution in [2.24, 2.45) is 0 Å². The van der Waals surface area contributed by atoms with E-state index in [1.807, 2.05) is 18.9 Å². The van der Waals surface area contributed by atoms with Crippen LogP contribution >= 0.6 is 11.6 Å². The molecular weight excluding hydrogens is 452 g/mol. The largest absolute Gasteiger partial charge is 0.491 e. The highest BCUT2D eigenvalue weighted by Gasteiger charge is 2.39. The third kappa shape index (κ3) is 3.93. The minimum absolute atomic E-state index is 0.0384. The van der Waals surface area contributed by atoms with Gasteiger partial charge in [0.15, 0.2) is 5.65 Å². The van der Waals surface area contributed by atoms with Crippen molar-refractivity contribution in [1.29, 1.82) is 0 Å². The third-order valence-corrected chi connectivity index (χ3v) is 6.86. The van der Waals surface area contributed by atoms with Gasteiger partial charge in [-0.05, 0) is 32.0 Å². The number of hydrogen-bond acceptors (Lipinski definition) is 5. The summed E-state index contributed by atoms with van der Waals surface area (Å²) in [5, 5.41) is 4.95. The highest BCUT2D eigenvalue weighted by atomic mass is 35.5. The number of likely N-dealkylation sites (N-methyl/N-ethyl adjacent to an activating group) is 1. The summed E-state index contributed by atoms with van der Waals surface area (Å²) in [5.74, 6) is -0.713. The molecule has 1 aromatic carbocycles. The van der Waals surface area contributed by atoms with Gasteiger partial charge >= 0.3 is 0 Å². The van der Waals surface area contributed by atoms with Crippen LogP contribution in [0.3, 0.4) is 0 Å². The molecule has 2 aliphatic rings. The molecule has 0 spiro atoms. The van der Waals surface area contributed by atoms with Gasteiger partial charge < -0.3 is 9.64 Å². The lowest BCUT2D eigenvalue weighted by Crippen LogP contribution is -2.39. The van der Waals surface area contributed by atoms with E-state index in [0.717, 1.165) is 17.7 Å². The van der Waals surface area contributed by atoms with Crippen LogP contribution in [-0.4, -0.2) is 62.2 Å². The first-order valence-corrected chi connectivity index (χ1v) is 11.3. The smallest absolute Gasteiger partial charge is 0.258 e. The van der Waals surface area contributed by atoms with Gasteiger partial charge in [0, 0.05) is 23.9 Å². The number of carbonyl (C=O) groups excluding carboxylic acids is 1. The van der Waals surface area contributed by atoms with Gasteiger partial charge in [-0.1, -0.05) is 18.5 Å². The van der Waals surface area contributed by atoms with Crippen molar-refractivity contribution in [2.45, 2.75) is 51.1 Å². The Morgan fingerprint density at radius 3 is 2.91 bits per heavy atom. The number of hydrogen-bond donors (Lipinski definition) is 0. The average Bonchev–Trinajstić information content (AvgIpc) is 3.42. The minimum Gasteiger partial charge on any atom is -0.491 e. The topological polar surface area (TPSA) is 63.0 Å². The molecule has 2 aromatic heterocycles. The van der Waals surface area contributed by atoms with Crippen LogP contribution < -0.4 is 4.74 Å². The van der Waals surface area contributed by atoms with Crippen molar-refractivity contribution in [3.8, 4) is 5.75 Å². The first kappa shape index (κ1) is 22.0. The van der Waals surface area contributed by atoms with Crippen molar-refractivity contribution in [1.82, 2.24) is 24.4 Å². The fourth-order valence-corrected chi connectivity index (χ4v) is 4.93. The normalized spacial score (nSPS) is 22.8. The molecule has 3 unspecified atom stereocenters. The zero-order chi connectivity index (χ0) is 23.3. The van der Waals surface area contributed by atoms with Crippen molar-refractivity contribution < 1.29 is 18.3 Å². The number of aromatic nitrogens is 3. The van der Waals surface area contributed by atoms with Crippen LogP contribution in [-0.2, 0) is 13.1 Å². The number of carbonyl (C=O) groups is 1. The standard InChI is InChI=1S/C23H24ClF2N5O2/c1-3-15-7-18(26)20(29(15)2)12-33-21-6-14(25)4-5-16(21)23(32)30-10-17-19(11-30)28-31-9-13(24)8-27-22(17)31/h4-6,8-9,15,18,20H,3,7,10-12H2,1-2H3. The van der Waals surface area contributed by atoms with E-state index in [9.17, 15) is 13.6 Å². The SMILES string of the molecule is CCC1CC(F)C(COc2cc(F)ccc2C(=O)N2Cc3nn4cc(Cl)cnc4c3C2)N1C. The lowest BCUT2D eigenvalue weighted by Gasteiger charge is -2.26. The van der Waals surface area contributed by atoms with E-state index in [4.69, 9.17) is 16.3 Å². The molecule has 33 heavy (non-hydrogen) atoms. The summed E-state index contributed by atoms with van der Waals surface area (Å²) in [7, 11) is 1.87. The van der Waals surface area contributed by atoms with Crippen LogP contribution in [0.1, 0.15) is 41.4 Å². The molecule has 3 atom stereocenters. The molecular formula is C23H24ClF2N5O2. The van der Waals surface area contributed by atoms with Gasteiger partial charge in [0.25, 0.3) is 5.91 Å². The van der Waals surface area contributed by atoms with E-state index >= 15 is 0 Å². The summed E-state index contributed by atoms with van der Waals surface area (Å²) in [4.78, 5) is 21.2. The quantitative estimate of drug-likeness (QED) is 0.560. The van der Waals surface area contributed by atoms with Gasteiger partial charge in [-0.25, -0.2) is 18.3 Å². The van der Waals surface area contributed by atoms with Gasteiger partial charge in [0.2, 0.25) is 0 Å². The van der Waals surface area contributed by atoms with Gasteiger partial charge in [-0.15, -0.1) is 0 Å². The number of benzene rings is 1. The molecule has 10 heteroatoms. The second-order valence-corrected chi connectivity index (χ2v) is 9.06. The number of likely N-dealkylation sites (tertiary alicyclic amines) is 1. The highest BCUT2D eigenvalue weighted by Crippen LogP contribution is 2.31. The number of rotatable bonds is 5. The Morgan fingerprint density at radius 2 is 2.15 bits per heavy atom. The Labute approximate surface area is 194 Å². The monoisotopic (exact) mass is 475 g/mol. The zero-order valence-corrected chi connectivity index (χ0v) is 19.1. The summed E-state index contributed by atoms with van der Waals surface area (Å²) in [6, 6.07) is 3.53. The molecule has 1 saturated heterocycles. The first-order valence-electron chi connectivity index (χ1n) is 10.9. The molecule has 1 amide bonds. The number of fused-ring (bicyclic) bond motifs is 3. The molecule has 5 rings (SSSR count). The molecule has 0 saturated carbocycles. The van der Waals surface area contributed by atoms with E-state index in [-0.39, 0.29) is 29.9 Å². The zero-order valence-electron chi connectivity index (χ0n) is 18.3. The lowest BCUT2D eigenvalue weighted by atomic mass is 10.1. The first-order chi connectivity index (χ1) is 15.9. The predicted octanol–water partition coefficient (Wildman–Crippen LogP) is 3.88. The highest BCUT2D eigenvalue weighted by molar-refractivity contribution is 6.30. The summed E-state index contributed by atoms with van der Waals surface area (Å²) in [6.45, 7) is 2.67. The molecule has 4 heterocycles. The van der Waals surface area contributed by atoms with E-state index in [2.05, 4.69) is 10.1 Å². The maximum atomic E-state index is 14.5. The van der Waals surface area contributed by atoms with Crippen LogP contribution in [0.5, 0.6) is 5.75 Å². The average molecular weight is 476 g/mol. The predicted molar refractivity (Wildman–Crippen MR) is 119 cm³/mol. The van der Waals surface area contributed by atoms with Crippen molar-refractivity contribution in [3.05, 3.63) is 58.3 Å². The maximum Gasteiger partial charge on any atom is 0.258 e. The van der Waals surface area contributed by atoms with Crippen LogP contribution in [0.2, 0.25) is 5.02 Å². The van der Waals surface area contributed by atoms with Gasteiger partial charge in [-0.3, -0.25) is 9.69 Å². The Hall–Kier alpha value is -2.78. The van der Waals surface area contributed by atoms with Crippen molar-refractivity contribution >= 4 is 23.2 Å². The number of ether oxygens (including phenoxy) is 1. The molecule has 7 nitrogen and oxygen atoms in total. The minimum atomic E-state index is -1.03. The molecule has 1 fully saturated rings. The lowest BCUT2D eigenvalue weighted by molar-refractivity contribution is 0.0741. The Bertz CT molecular complexity index is 1220. The van der Waals surface area contributed by atoms with Gasteiger partial charge in [-0.2, -0.15) is 5.10 Å². The molecule has 0 aliphatic carbocycles. The summed E-state index contributed by atoms with van der Waals surface area (Å²) < 4.78 is 36.0. The summed E-state index contributed by atoms with van der Waals surface area (Å²) in [6.07, 6.45) is 3.47. The second kappa shape index (κ2) is 8.53. The van der Waals surface area contributed by atoms with Gasteiger partial charge in [0.1, 0.15) is 24.3 Å². The molecule has 0 N–H and O–H groups in total. The van der Waals surface area contributed by atoms with Crippen LogP contribution in [0.25, 0.3) is 5.65 Å². The number of nitrogens with zero attached hydrogens (tertiary/aromatic N) is 5. The van der Waals surface area contributed by atoms with Crippen molar-refractivity contribution in [3.63, 3.8) is 0 Å². The Kier molecular flexibility index (Phi) is 5.70.